The predicted octanol–water partition coefficient (Wildman–Crippen LogP) is 1.16. The van der Waals surface area contributed by atoms with Gasteiger partial charge in [0.25, 0.3) is 0 Å². The van der Waals surface area contributed by atoms with Crippen LogP contribution in [-0.4, -0.2) is 16.7 Å². The van der Waals surface area contributed by atoms with Gasteiger partial charge in [-0.3, -0.25) is 0 Å². The number of fused-ring (bicyclic) bond motifs is 1. The maximum absolute atomic E-state index is 8.88. The first-order chi connectivity index (χ1) is 6.31. The van der Waals surface area contributed by atoms with Gasteiger partial charge in [0, 0.05) is 11.7 Å². The number of H-pyrrole nitrogens is 1. The highest BCUT2D eigenvalue weighted by atomic mass is 16.3. The highest BCUT2D eigenvalue weighted by Crippen LogP contribution is 2.17. The number of benzene rings is 1. The molecule has 0 spiro atoms. The molecule has 0 fully saturated rings. The van der Waals surface area contributed by atoms with E-state index in [1.165, 1.54) is 0 Å². The van der Waals surface area contributed by atoms with Crippen molar-refractivity contribution in [3.63, 3.8) is 0 Å². The molecule has 1 atom stereocenters. The lowest BCUT2D eigenvalue weighted by Gasteiger charge is -2.07. The number of hydrogen-bond acceptors (Lipinski definition) is 2. The Kier molecular flexibility index (Phi) is 2.04. The van der Waals surface area contributed by atoms with Crippen LogP contribution < -0.4 is 5.73 Å². The van der Waals surface area contributed by atoms with E-state index in [2.05, 4.69) is 4.98 Å². The van der Waals surface area contributed by atoms with Crippen molar-refractivity contribution in [1.82, 2.24) is 4.98 Å². The summed E-state index contributed by atoms with van der Waals surface area (Å²) in [6, 6.07) is 7.61. The Morgan fingerprint density at radius 1 is 1.38 bits per heavy atom. The third kappa shape index (κ3) is 1.43. The molecule has 0 aliphatic carbocycles. The average Bonchev–Trinajstić information content (AvgIpc) is 2.63. The van der Waals surface area contributed by atoms with Crippen LogP contribution in [-0.2, 0) is 0 Å². The number of rotatable bonds is 2. The van der Waals surface area contributed by atoms with Gasteiger partial charge in [-0.15, -0.1) is 0 Å². The van der Waals surface area contributed by atoms with Crippen molar-refractivity contribution in [2.45, 2.75) is 6.04 Å². The fourth-order valence-electron chi connectivity index (χ4n) is 1.41. The summed E-state index contributed by atoms with van der Waals surface area (Å²) in [4.78, 5) is 3.10. The molecule has 0 radical (unpaired) electrons. The largest absolute Gasteiger partial charge is 0.394 e. The summed E-state index contributed by atoms with van der Waals surface area (Å²) in [5.41, 5.74) is 7.75. The van der Waals surface area contributed by atoms with Crippen LogP contribution in [0.4, 0.5) is 0 Å². The van der Waals surface area contributed by atoms with Gasteiger partial charge in [-0.25, -0.2) is 0 Å². The van der Waals surface area contributed by atoms with Crippen molar-refractivity contribution in [3.8, 4) is 0 Å². The van der Waals surface area contributed by atoms with Crippen LogP contribution in [0.25, 0.3) is 10.9 Å². The first-order valence-corrected chi connectivity index (χ1v) is 4.25. The van der Waals surface area contributed by atoms with Crippen molar-refractivity contribution >= 4 is 10.9 Å². The number of aromatic nitrogens is 1. The molecule has 13 heavy (non-hydrogen) atoms. The second kappa shape index (κ2) is 3.20. The van der Waals surface area contributed by atoms with Crippen LogP contribution >= 0.6 is 0 Å². The monoisotopic (exact) mass is 176 g/mol. The van der Waals surface area contributed by atoms with Crippen LogP contribution in [0, 0.1) is 0 Å². The highest BCUT2D eigenvalue weighted by Gasteiger charge is 2.04. The summed E-state index contributed by atoms with van der Waals surface area (Å²) in [6.07, 6.45) is 1.89. The number of hydrogen-bond donors (Lipinski definition) is 3. The SMILES string of the molecule is N[C@H](CO)c1ccc2[nH]ccc2c1. The van der Waals surface area contributed by atoms with Crippen LogP contribution in [0.3, 0.4) is 0 Å². The number of nitrogens with two attached hydrogens (primary N) is 1. The van der Waals surface area contributed by atoms with Crippen LogP contribution in [0.15, 0.2) is 30.5 Å². The lowest BCUT2D eigenvalue weighted by molar-refractivity contribution is 0.268. The van der Waals surface area contributed by atoms with E-state index in [4.69, 9.17) is 10.8 Å². The van der Waals surface area contributed by atoms with Gasteiger partial charge in [-0.1, -0.05) is 6.07 Å². The van der Waals surface area contributed by atoms with E-state index in [1.54, 1.807) is 0 Å². The number of aliphatic hydroxyl groups is 1. The third-order valence-corrected chi connectivity index (χ3v) is 2.20. The number of aliphatic hydroxyl groups excluding tert-OH is 1. The number of nitrogens with one attached hydrogen (secondary N) is 1. The molecule has 1 aromatic heterocycles. The number of aromatic amines is 1. The topological polar surface area (TPSA) is 62.0 Å². The molecule has 3 nitrogen and oxygen atoms in total. The van der Waals surface area contributed by atoms with Gasteiger partial charge in [0.1, 0.15) is 0 Å². The molecule has 0 unspecified atom stereocenters. The maximum Gasteiger partial charge on any atom is 0.0624 e. The molecular formula is C10H12N2O. The standard InChI is InChI=1S/C10H12N2O/c11-9(6-13)7-1-2-10-8(5-7)3-4-12-10/h1-5,9,12-13H,6,11H2/t9-/m1/s1. The zero-order valence-electron chi connectivity index (χ0n) is 7.20. The Morgan fingerprint density at radius 3 is 3.00 bits per heavy atom. The van der Waals surface area contributed by atoms with Gasteiger partial charge in [0.05, 0.1) is 12.6 Å². The molecule has 0 saturated heterocycles. The van der Waals surface area contributed by atoms with Gasteiger partial charge in [0.15, 0.2) is 0 Å². The van der Waals surface area contributed by atoms with Crippen molar-refractivity contribution in [3.05, 3.63) is 36.0 Å². The summed E-state index contributed by atoms with van der Waals surface area (Å²) in [5.74, 6) is 0. The molecule has 0 amide bonds. The zero-order chi connectivity index (χ0) is 9.26. The summed E-state index contributed by atoms with van der Waals surface area (Å²) < 4.78 is 0. The summed E-state index contributed by atoms with van der Waals surface area (Å²) >= 11 is 0. The maximum atomic E-state index is 8.88. The van der Waals surface area contributed by atoms with E-state index in [9.17, 15) is 0 Å². The van der Waals surface area contributed by atoms with E-state index >= 15 is 0 Å². The Labute approximate surface area is 76.2 Å². The van der Waals surface area contributed by atoms with Crippen LogP contribution in [0.5, 0.6) is 0 Å². The van der Waals surface area contributed by atoms with Gasteiger partial charge in [-0.2, -0.15) is 0 Å². The normalized spacial score (nSPS) is 13.4. The molecule has 68 valence electrons. The Morgan fingerprint density at radius 2 is 2.23 bits per heavy atom. The fraction of sp³-hybridized carbons (Fsp3) is 0.200. The molecule has 4 N–H and O–H groups in total. The van der Waals surface area contributed by atoms with Crippen molar-refractivity contribution in [1.29, 1.82) is 0 Å². The van der Waals surface area contributed by atoms with Crippen molar-refractivity contribution in [2.75, 3.05) is 6.61 Å². The molecule has 2 rings (SSSR count). The minimum Gasteiger partial charge on any atom is -0.394 e. The molecule has 2 aromatic rings. The Hall–Kier alpha value is -1.32. The summed E-state index contributed by atoms with van der Waals surface area (Å²) in [5, 5.41) is 10.0. The Balaban J connectivity index is 2.48. The molecule has 1 aromatic carbocycles. The molecular weight excluding hydrogens is 164 g/mol. The van der Waals surface area contributed by atoms with E-state index in [-0.39, 0.29) is 12.6 Å². The fourth-order valence-corrected chi connectivity index (χ4v) is 1.41. The van der Waals surface area contributed by atoms with E-state index in [1.807, 2.05) is 30.5 Å². The molecule has 3 heteroatoms. The second-order valence-corrected chi connectivity index (χ2v) is 3.11. The second-order valence-electron chi connectivity index (χ2n) is 3.11. The van der Waals surface area contributed by atoms with E-state index in [0.29, 0.717) is 0 Å². The minimum atomic E-state index is -0.278. The first kappa shape index (κ1) is 8.29. The lowest BCUT2D eigenvalue weighted by atomic mass is 10.1. The Bertz CT molecular complexity index is 408. The zero-order valence-corrected chi connectivity index (χ0v) is 7.20. The smallest absolute Gasteiger partial charge is 0.0624 e. The lowest BCUT2D eigenvalue weighted by Crippen LogP contribution is -2.14. The molecule has 0 aliphatic heterocycles. The molecule has 0 saturated carbocycles. The van der Waals surface area contributed by atoms with E-state index < -0.39 is 0 Å². The van der Waals surface area contributed by atoms with Gasteiger partial charge < -0.3 is 15.8 Å². The molecule has 0 aliphatic rings. The van der Waals surface area contributed by atoms with Gasteiger partial charge in [-0.05, 0) is 29.1 Å². The highest BCUT2D eigenvalue weighted by molar-refractivity contribution is 5.80. The minimum absolute atomic E-state index is 0.0179. The quantitative estimate of drug-likeness (QED) is 0.643. The van der Waals surface area contributed by atoms with Gasteiger partial charge in [0.2, 0.25) is 0 Å². The van der Waals surface area contributed by atoms with E-state index in [0.717, 1.165) is 16.5 Å². The first-order valence-electron chi connectivity index (χ1n) is 4.25. The predicted molar refractivity (Wildman–Crippen MR) is 52.3 cm³/mol. The third-order valence-electron chi connectivity index (χ3n) is 2.20. The van der Waals surface area contributed by atoms with Crippen molar-refractivity contribution in [2.24, 2.45) is 5.73 Å². The van der Waals surface area contributed by atoms with Crippen LogP contribution in [0.2, 0.25) is 0 Å². The van der Waals surface area contributed by atoms with Crippen molar-refractivity contribution < 1.29 is 5.11 Å². The molecule has 0 bridgehead atoms. The summed E-state index contributed by atoms with van der Waals surface area (Å²) in [6.45, 7) is -0.0179. The van der Waals surface area contributed by atoms with Gasteiger partial charge >= 0.3 is 0 Å². The summed E-state index contributed by atoms with van der Waals surface area (Å²) in [7, 11) is 0. The van der Waals surface area contributed by atoms with Crippen LogP contribution in [0.1, 0.15) is 11.6 Å². The average molecular weight is 176 g/mol. The molecule has 1 heterocycles.